The molecule has 1 atom stereocenters. The Morgan fingerprint density at radius 2 is 1.80 bits per heavy atom. The summed E-state index contributed by atoms with van der Waals surface area (Å²) >= 11 is 0. The molecule has 0 bridgehead atoms. The van der Waals surface area contributed by atoms with E-state index in [-0.39, 0.29) is 6.42 Å². The van der Waals surface area contributed by atoms with Crippen LogP contribution in [0.1, 0.15) is 35.7 Å². The highest BCUT2D eigenvalue weighted by Gasteiger charge is 2.51. The van der Waals surface area contributed by atoms with Gasteiger partial charge in [-0.2, -0.15) is 0 Å². The van der Waals surface area contributed by atoms with Crippen molar-refractivity contribution in [2.45, 2.75) is 25.3 Å². The minimum Gasteiger partial charge on any atom is -0.490 e. The molecular formula is C22H21FN2O5. The summed E-state index contributed by atoms with van der Waals surface area (Å²) in [6, 6.07) is 9.53. The van der Waals surface area contributed by atoms with Gasteiger partial charge in [0.05, 0.1) is 19.8 Å². The topological polar surface area (TPSA) is 84.9 Å². The van der Waals surface area contributed by atoms with E-state index in [0.717, 1.165) is 11.3 Å². The SMILES string of the molecule is CC[C@@]1(c2ccc(F)cc2)NC(=O)N(CC(=O)c2ccc3c(c2)OCCCO3)C1=O. The van der Waals surface area contributed by atoms with Gasteiger partial charge in [0.15, 0.2) is 17.3 Å². The fourth-order valence-electron chi connectivity index (χ4n) is 3.72. The Bertz CT molecular complexity index is 1010. The summed E-state index contributed by atoms with van der Waals surface area (Å²) in [5.74, 6) is -0.363. The highest BCUT2D eigenvalue weighted by molar-refractivity contribution is 6.11. The Labute approximate surface area is 172 Å². The fraction of sp³-hybridized carbons (Fsp3) is 0.318. The third kappa shape index (κ3) is 3.38. The van der Waals surface area contributed by atoms with Gasteiger partial charge in [0.1, 0.15) is 11.4 Å². The van der Waals surface area contributed by atoms with Crippen molar-refractivity contribution in [2.24, 2.45) is 0 Å². The number of ketones is 1. The van der Waals surface area contributed by atoms with Gasteiger partial charge >= 0.3 is 6.03 Å². The van der Waals surface area contributed by atoms with E-state index in [1.54, 1.807) is 25.1 Å². The molecule has 3 amide bonds. The van der Waals surface area contributed by atoms with Crippen LogP contribution < -0.4 is 14.8 Å². The summed E-state index contributed by atoms with van der Waals surface area (Å²) < 4.78 is 24.5. The monoisotopic (exact) mass is 412 g/mol. The first-order valence-electron chi connectivity index (χ1n) is 9.77. The number of nitrogens with one attached hydrogen (secondary N) is 1. The second kappa shape index (κ2) is 7.78. The molecule has 2 aliphatic rings. The maximum Gasteiger partial charge on any atom is 0.325 e. The lowest BCUT2D eigenvalue weighted by Gasteiger charge is -2.25. The van der Waals surface area contributed by atoms with Crippen LogP contribution in [0.25, 0.3) is 0 Å². The zero-order valence-corrected chi connectivity index (χ0v) is 16.4. The predicted octanol–water partition coefficient (Wildman–Crippen LogP) is 3.03. The number of hydrogen-bond acceptors (Lipinski definition) is 5. The van der Waals surface area contributed by atoms with E-state index in [1.165, 1.54) is 24.3 Å². The van der Waals surface area contributed by atoms with Crippen molar-refractivity contribution in [3.63, 3.8) is 0 Å². The summed E-state index contributed by atoms with van der Waals surface area (Å²) in [5, 5.41) is 2.69. The lowest BCUT2D eigenvalue weighted by Crippen LogP contribution is -2.43. The van der Waals surface area contributed by atoms with Gasteiger partial charge in [0.25, 0.3) is 5.91 Å². The number of Topliss-reactive ketones (excluding diaryl/α,β-unsaturated/α-hetero) is 1. The molecule has 0 unspecified atom stereocenters. The van der Waals surface area contributed by atoms with Crippen molar-refractivity contribution < 1.29 is 28.2 Å². The molecule has 2 aromatic rings. The second-order valence-electron chi connectivity index (χ2n) is 7.22. The van der Waals surface area contributed by atoms with Crippen LogP contribution in [0.3, 0.4) is 0 Å². The number of nitrogens with zero attached hydrogens (tertiary/aromatic N) is 1. The second-order valence-corrected chi connectivity index (χ2v) is 7.22. The van der Waals surface area contributed by atoms with E-state index >= 15 is 0 Å². The molecule has 7 nitrogen and oxygen atoms in total. The van der Waals surface area contributed by atoms with Crippen LogP contribution in [0.5, 0.6) is 11.5 Å². The van der Waals surface area contributed by atoms with E-state index < -0.39 is 35.6 Å². The number of hydrogen-bond donors (Lipinski definition) is 1. The molecule has 8 heteroatoms. The summed E-state index contributed by atoms with van der Waals surface area (Å²) in [6.07, 6.45) is 1.00. The summed E-state index contributed by atoms with van der Waals surface area (Å²) in [5.41, 5.74) is -0.540. The van der Waals surface area contributed by atoms with Crippen LogP contribution in [0.15, 0.2) is 42.5 Å². The Balaban J connectivity index is 1.57. The molecule has 2 aliphatic heterocycles. The maximum atomic E-state index is 13.3. The third-order valence-electron chi connectivity index (χ3n) is 5.41. The van der Waals surface area contributed by atoms with Crippen molar-refractivity contribution in [3.05, 3.63) is 59.4 Å². The number of imide groups is 1. The Morgan fingerprint density at radius 3 is 2.50 bits per heavy atom. The van der Waals surface area contributed by atoms with Gasteiger partial charge in [-0.15, -0.1) is 0 Å². The number of ether oxygens (including phenoxy) is 2. The Morgan fingerprint density at radius 1 is 1.10 bits per heavy atom. The molecule has 0 radical (unpaired) electrons. The molecule has 2 heterocycles. The highest BCUT2D eigenvalue weighted by atomic mass is 19.1. The first kappa shape index (κ1) is 19.9. The standard InChI is InChI=1S/C22H21FN2O5/c1-2-22(15-5-7-16(23)8-6-15)20(27)25(21(28)24-22)13-17(26)14-4-9-18-19(12-14)30-11-3-10-29-18/h4-9,12H,2-3,10-11,13H2,1H3,(H,24,28)/t22-/m0/s1. The van der Waals surface area contributed by atoms with Crippen LogP contribution in [-0.2, 0) is 10.3 Å². The van der Waals surface area contributed by atoms with Gasteiger partial charge in [0.2, 0.25) is 0 Å². The number of rotatable bonds is 5. The largest absolute Gasteiger partial charge is 0.490 e. The number of halogens is 1. The summed E-state index contributed by atoms with van der Waals surface area (Å²) in [7, 11) is 0. The first-order chi connectivity index (χ1) is 14.4. The lowest BCUT2D eigenvalue weighted by molar-refractivity contribution is -0.131. The van der Waals surface area contributed by atoms with Crippen molar-refractivity contribution in [3.8, 4) is 11.5 Å². The van der Waals surface area contributed by atoms with Gasteiger partial charge in [-0.25, -0.2) is 9.18 Å². The number of carbonyl (C=O) groups excluding carboxylic acids is 3. The minimum atomic E-state index is -1.32. The van der Waals surface area contributed by atoms with Gasteiger partial charge in [-0.05, 0) is 42.3 Å². The summed E-state index contributed by atoms with van der Waals surface area (Å²) in [4.78, 5) is 39.4. The van der Waals surface area contributed by atoms with E-state index in [1.807, 2.05) is 0 Å². The zero-order valence-electron chi connectivity index (χ0n) is 16.4. The van der Waals surface area contributed by atoms with Crippen LogP contribution in [0.4, 0.5) is 9.18 Å². The van der Waals surface area contributed by atoms with Gasteiger partial charge in [-0.1, -0.05) is 19.1 Å². The molecule has 0 saturated carbocycles. The van der Waals surface area contributed by atoms with E-state index in [4.69, 9.17) is 9.47 Å². The lowest BCUT2D eigenvalue weighted by atomic mass is 9.87. The summed E-state index contributed by atoms with van der Waals surface area (Å²) in [6.45, 7) is 2.35. The van der Waals surface area contributed by atoms with Crippen molar-refractivity contribution in [1.82, 2.24) is 10.2 Å². The van der Waals surface area contributed by atoms with Crippen molar-refractivity contribution in [1.29, 1.82) is 0 Å². The molecule has 0 spiro atoms. The first-order valence-corrected chi connectivity index (χ1v) is 9.77. The van der Waals surface area contributed by atoms with Crippen molar-refractivity contribution in [2.75, 3.05) is 19.8 Å². The molecule has 156 valence electrons. The third-order valence-corrected chi connectivity index (χ3v) is 5.41. The molecule has 0 aliphatic carbocycles. The van der Waals surface area contributed by atoms with Gasteiger partial charge < -0.3 is 14.8 Å². The van der Waals surface area contributed by atoms with E-state index in [2.05, 4.69) is 5.32 Å². The number of amides is 3. The van der Waals surface area contributed by atoms with Crippen LogP contribution in [-0.4, -0.2) is 42.4 Å². The molecule has 4 rings (SSSR count). The van der Waals surface area contributed by atoms with Crippen LogP contribution in [0, 0.1) is 5.82 Å². The van der Waals surface area contributed by atoms with E-state index in [0.29, 0.717) is 35.8 Å². The average Bonchev–Trinajstić information content (AvgIpc) is 2.91. The average molecular weight is 412 g/mol. The molecule has 0 aromatic heterocycles. The van der Waals surface area contributed by atoms with Gasteiger partial charge in [0, 0.05) is 12.0 Å². The fourth-order valence-corrected chi connectivity index (χ4v) is 3.72. The Hall–Kier alpha value is -3.42. The van der Waals surface area contributed by atoms with Crippen LogP contribution in [0.2, 0.25) is 0 Å². The molecule has 1 N–H and O–H groups in total. The minimum absolute atomic E-state index is 0.262. The Kier molecular flexibility index (Phi) is 5.15. The molecular weight excluding hydrogens is 391 g/mol. The van der Waals surface area contributed by atoms with Crippen molar-refractivity contribution >= 4 is 17.7 Å². The number of urea groups is 1. The predicted molar refractivity (Wildman–Crippen MR) is 105 cm³/mol. The molecule has 2 aromatic carbocycles. The molecule has 1 saturated heterocycles. The van der Waals surface area contributed by atoms with Crippen LogP contribution >= 0.6 is 0 Å². The van der Waals surface area contributed by atoms with E-state index in [9.17, 15) is 18.8 Å². The maximum absolute atomic E-state index is 13.3. The smallest absolute Gasteiger partial charge is 0.325 e. The number of benzene rings is 2. The normalized spacial score (nSPS) is 20.7. The number of carbonyl (C=O) groups is 3. The highest BCUT2D eigenvalue weighted by Crippen LogP contribution is 2.34. The quantitative estimate of drug-likeness (QED) is 0.603. The molecule has 1 fully saturated rings. The number of fused-ring (bicyclic) bond motifs is 1. The molecule has 30 heavy (non-hydrogen) atoms. The van der Waals surface area contributed by atoms with Gasteiger partial charge in [-0.3, -0.25) is 14.5 Å². The zero-order chi connectivity index (χ0) is 21.3.